The first-order valence-corrected chi connectivity index (χ1v) is 14.6. The summed E-state index contributed by atoms with van der Waals surface area (Å²) in [6.07, 6.45) is 3.44. The Morgan fingerprint density at radius 2 is 2.08 bits per heavy atom. The molecule has 2 aromatic rings. The number of aryl methyl sites for hydroxylation is 1. The number of hydrogen-bond acceptors (Lipinski definition) is 13. The highest BCUT2D eigenvalue weighted by atomic mass is 32.2. The number of nitrogen functional groups attached to an aromatic ring is 1. The number of nitrogens with two attached hydrogens (primary N) is 1. The SMILES string of the molecule is C=CCO/N=C(\C(=O)NC1C(=O)N2C(C(=O)O)=C(/C=C/OS(=O)(=O)c3ccc(C)cc3)CS[C@H]12)c1nsc(N)n1. The number of aliphatic carboxylic acids is 1. The van der Waals surface area contributed by atoms with Gasteiger partial charge in [-0.05, 0) is 30.7 Å². The Balaban J connectivity index is 1.49. The number of amides is 2. The van der Waals surface area contributed by atoms with E-state index in [9.17, 15) is 27.9 Å². The second-order valence-corrected chi connectivity index (χ2v) is 11.6. The lowest BCUT2D eigenvalue weighted by Crippen LogP contribution is -2.71. The molecule has 210 valence electrons. The van der Waals surface area contributed by atoms with Gasteiger partial charge in [-0.1, -0.05) is 35.5 Å². The molecule has 1 aromatic carbocycles. The van der Waals surface area contributed by atoms with Gasteiger partial charge in [0, 0.05) is 17.3 Å². The molecular formula is C23H22N6O8S3. The molecule has 0 aliphatic carbocycles. The number of carbonyl (C=O) groups is 3. The topological polar surface area (TPSA) is 203 Å². The molecule has 1 saturated heterocycles. The molecule has 2 aliphatic heterocycles. The Kier molecular flexibility index (Phi) is 8.55. The highest BCUT2D eigenvalue weighted by Crippen LogP contribution is 2.40. The predicted molar refractivity (Wildman–Crippen MR) is 145 cm³/mol. The van der Waals surface area contributed by atoms with Crippen LogP contribution in [0.5, 0.6) is 0 Å². The summed E-state index contributed by atoms with van der Waals surface area (Å²) in [4.78, 5) is 47.9. The number of carboxylic acid groups (broad SMARTS) is 1. The smallest absolute Gasteiger partial charge is 0.352 e. The maximum absolute atomic E-state index is 13.0. The minimum atomic E-state index is -4.13. The standard InChI is InChI=1S/C23H22N6O8S3/c1-3-9-36-27-15(18-26-23(24)39-28-18)19(30)25-16-20(31)29-17(22(32)33)13(11-38-21(16)29)8-10-37-40(34,35)14-6-4-12(2)5-7-14/h3-8,10,16,21H,1,9,11H2,2H3,(H,25,30)(H,32,33)(H2,24,26,28)/b10-8+,27-15-/t16?,21-/m1/s1. The van der Waals surface area contributed by atoms with Gasteiger partial charge in [-0.3, -0.25) is 14.5 Å². The van der Waals surface area contributed by atoms with E-state index < -0.39 is 39.3 Å². The van der Waals surface area contributed by atoms with Gasteiger partial charge in [0.2, 0.25) is 11.5 Å². The van der Waals surface area contributed by atoms with Crippen LogP contribution >= 0.6 is 23.3 Å². The Labute approximate surface area is 236 Å². The van der Waals surface area contributed by atoms with Crippen LogP contribution in [0, 0.1) is 6.92 Å². The summed E-state index contributed by atoms with van der Waals surface area (Å²) in [7, 11) is -4.13. The molecule has 2 aliphatic rings. The fourth-order valence-corrected chi connectivity index (χ4v) is 6.13. The number of anilines is 1. The Morgan fingerprint density at radius 1 is 1.35 bits per heavy atom. The van der Waals surface area contributed by atoms with Crippen molar-refractivity contribution in [1.29, 1.82) is 0 Å². The van der Waals surface area contributed by atoms with E-state index in [1.54, 1.807) is 19.1 Å². The van der Waals surface area contributed by atoms with Crippen molar-refractivity contribution in [2.24, 2.45) is 5.16 Å². The number of fused-ring (bicyclic) bond motifs is 1. The zero-order chi connectivity index (χ0) is 29.0. The first kappa shape index (κ1) is 28.8. The number of rotatable bonds is 11. The van der Waals surface area contributed by atoms with E-state index in [4.69, 9.17) is 14.8 Å². The van der Waals surface area contributed by atoms with E-state index in [1.165, 1.54) is 24.3 Å². The summed E-state index contributed by atoms with van der Waals surface area (Å²) in [6, 6.07) is 4.90. The third-order valence-corrected chi connectivity index (χ3v) is 8.52. The molecule has 1 unspecified atom stereocenters. The van der Waals surface area contributed by atoms with Crippen molar-refractivity contribution in [2.75, 3.05) is 18.1 Å². The molecule has 0 saturated carbocycles. The minimum absolute atomic E-state index is 0.00981. The van der Waals surface area contributed by atoms with Crippen LogP contribution in [0.3, 0.4) is 0 Å². The molecule has 3 heterocycles. The molecule has 4 N–H and O–H groups in total. The summed E-state index contributed by atoms with van der Waals surface area (Å²) >= 11 is 2.00. The van der Waals surface area contributed by atoms with Crippen LogP contribution in [-0.2, 0) is 33.5 Å². The fourth-order valence-electron chi connectivity index (χ4n) is 3.59. The third kappa shape index (κ3) is 6.00. The van der Waals surface area contributed by atoms with Gasteiger partial charge in [0.1, 0.15) is 34.9 Å². The number of thioether (sulfide) groups is 1. The number of nitrogens with zero attached hydrogens (tertiary/aromatic N) is 4. The van der Waals surface area contributed by atoms with Gasteiger partial charge in [0.25, 0.3) is 11.8 Å². The van der Waals surface area contributed by atoms with Crippen molar-refractivity contribution >= 4 is 62.0 Å². The number of benzene rings is 1. The highest BCUT2D eigenvalue weighted by molar-refractivity contribution is 8.00. The molecule has 1 aromatic heterocycles. The molecule has 40 heavy (non-hydrogen) atoms. The van der Waals surface area contributed by atoms with Gasteiger partial charge in [0.15, 0.2) is 5.13 Å². The minimum Gasteiger partial charge on any atom is -0.477 e. The Hall–Kier alpha value is -4.22. The lowest BCUT2D eigenvalue weighted by Gasteiger charge is -2.49. The number of carbonyl (C=O) groups excluding carboxylic acids is 2. The number of allylic oxidation sites excluding steroid dienone is 1. The summed E-state index contributed by atoms with van der Waals surface area (Å²) in [6.45, 7) is 5.28. The average molecular weight is 607 g/mol. The Bertz CT molecular complexity index is 1550. The van der Waals surface area contributed by atoms with Crippen molar-refractivity contribution < 1.29 is 36.9 Å². The quantitative estimate of drug-likeness (QED) is 0.0623. The summed E-state index contributed by atoms with van der Waals surface area (Å²) < 4.78 is 33.7. The van der Waals surface area contributed by atoms with E-state index in [2.05, 4.69) is 26.4 Å². The molecule has 17 heteroatoms. The van der Waals surface area contributed by atoms with E-state index in [0.717, 1.165) is 40.0 Å². The molecule has 4 rings (SSSR count). The summed E-state index contributed by atoms with van der Waals surface area (Å²) in [5.41, 5.74) is 5.92. The predicted octanol–water partition coefficient (Wildman–Crippen LogP) is 0.993. The van der Waals surface area contributed by atoms with Gasteiger partial charge in [0.05, 0.1) is 0 Å². The van der Waals surface area contributed by atoms with Crippen LogP contribution in [0.15, 0.2) is 70.6 Å². The van der Waals surface area contributed by atoms with Crippen LogP contribution in [-0.4, -0.2) is 75.1 Å². The lowest BCUT2D eigenvalue weighted by atomic mass is 10.0. The van der Waals surface area contributed by atoms with E-state index >= 15 is 0 Å². The van der Waals surface area contributed by atoms with Crippen molar-refractivity contribution in [1.82, 2.24) is 19.6 Å². The summed E-state index contributed by atoms with van der Waals surface area (Å²) in [5.74, 6) is -2.96. The number of oxime groups is 1. The number of nitrogens with one attached hydrogen (secondary N) is 1. The number of carboxylic acids is 1. The number of β-lactam (4-membered cyclic amide) rings is 1. The maximum atomic E-state index is 13.0. The zero-order valence-electron chi connectivity index (χ0n) is 20.7. The average Bonchev–Trinajstić information content (AvgIpc) is 3.34. The highest BCUT2D eigenvalue weighted by Gasteiger charge is 2.54. The first-order chi connectivity index (χ1) is 19.0. The fraction of sp³-hybridized carbons (Fsp3) is 0.217. The molecule has 2 amide bonds. The molecule has 0 radical (unpaired) electrons. The van der Waals surface area contributed by atoms with Crippen molar-refractivity contribution in [2.45, 2.75) is 23.2 Å². The van der Waals surface area contributed by atoms with Crippen molar-refractivity contribution in [3.63, 3.8) is 0 Å². The number of hydrogen-bond donors (Lipinski definition) is 3. The first-order valence-electron chi connectivity index (χ1n) is 11.3. The normalized spacial score (nSPS) is 19.2. The molecule has 2 atom stereocenters. The zero-order valence-corrected chi connectivity index (χ0v) is 23.2. The largest absolute Gasteiger partial charge is 0.477 e. The lowest BCUT2D eigenvalue weighted by molar-refractivity contribution is -0.150. The van der Waals surface area contributed by atoms with Crippen LogP contribution in [0.2, 0.25) is 0 Å². The number of aromatic nitrogens is 2. The van der Waals surface area contributed by atoms with Gasteiger partial charge >= 0.3 is 16.1 Å². The second-order valence-electron chi connectivity index (χ2n) is 8.19. The maximum Gasteiger partial charge on any atom is 0.352 e. The van der Waals surface area contributed by atoms with Crippen molar-refractivity contribution in [3.05, 3.63) is 71.9 Å². The monoisotopic (exact) mass is 606 g/mol. The molecule has 0 spiro atoms. The van der Waals surface area contributed by atoms with Crippen molar-refractivity contribution in [3.8, 4) is 0 Å². The van der Waals surface area contributed by atoms with Gasteiger partial charge in [-0.2, -0.15) is 17.8 Å². The van der Waals surface area contributed by atoms with E-state index in [1.807, 2.05) is 0 Å². The molecular weight excluding hydrogens is 584 g/mol. The van der Waals surface area contributed by atoms with Crippen LogP contribution < -0.4 is 11.1 Å². The van der Waals surface area contributed by atoms with Crippen LogP contribution in [0.25, 0.3) is 0 Å². The van der Waals surface area contributed by atoms with E-state index in [0.29, 0.717) is 0 Å². The van der Waals surface area contributed by atoms with Crippen LogP contribution in [0.1, 0.15) is 11.4 Å². The molecule has 1 fully saturated rings. The van der Waals surface area contributed by atoms with Gasteiger partial charge in [-0.25, -0.2) is 4.79 Å². The molecule has 14 nitrogen and oxygen atoms in total. The molecule has 0 bridgehead atoms. The van der Waals surface area contributed by atoms with Gasteiger partial charge in [-0.15, -0.1) is 11.8 Å². The van der Waals surface area contributed by atoms with Crippen LogP contribution in [0.4, 0.5) is 5.13 Å². The Morgan fingerprint density at radius 3 is 2.70 bits per heavy atom. The van der Waals surface area contributed by atoms with E-state index in [-0.39, 0.29) is 45.2 Å². The third-order valence-electron chi connectivity index (χ3n) is 5.46. The summed E-state index contributed by atoms with van der Waals surface area (Å²) in [5, 5.41) is 15.4. The van der Waals surface area contributed by atoms with Gasteiger partial charge < -0.3 is 25.2 Å². The second kappa shape index (κ2) is 11.9.